The minimum atomic E-state index is -0.489. The van der Waals surface area contributed by atoms with Gasteiger partial charge in [0, 0.05) is 37.1 Å². The Morgan fingerprint density at radius 1 is 1.19 bits per heavy atom. The highest BCUT2D eigenvalue weighted by Gasteiger charge is 2.19. The van der Waals surface area contributed by atoms with E-state index in [1.165, 1.54) is 24.3 Å². The number of hydrogen-bond donors (Lipinski definition) is 0. The van der Waals surface area contributed by atoms with E-state index in [0.29, 0.717) is 5.56 Å². The number of nitrogens with zero attached hydrogens (tertiary/aromatic N) is 3. The van der Waals surface area contributed by atoms with Crippen LogP contribution >= 0.6 is 0 Å². The van der Waals surface area contributed by atoms with E-state index in [4.69, 9.17) is 0 Å². The van der Waals surface area contributed by atoms with Crippen LogP contribution in [0.25, 0.3) is 0 Å². The van der Waals surface area contributed by atoms with Gasteiger partial charge in [-0.3, -0.25) is 19.9 Å². The first-order chi connectivity index (χ1) is 10.0. The summed E-state index contributed by atoms with van der Waals surface area (Å²) in [5, 5.41) is 10.6. The molecule has 0 spiro atoms. The second-order valence-electron chi connectivity index (χ2n) is 4.68. The minimum Gasteiger partial charge on any atom is -0.335 e. The summed E-state index contributed by atoms with van der Waals surface area (Å²) in [5.74, 6) is -0.186. The van der Waals surface area contributed by atoms with E-state index in [0.717, 1.165) is 5.56 Å². The van der Waals surface area contributed by atoms with Gasteiger partial charge in [-0.25, -0.2) is 0 Å². The highest BCUT2D eigenvalue weighted by molar-refractivity contribution is 5.94. The first-order valence-corrected chi connectivity index (χ1v) is 6.42. The summed E-state index contributed by atoms with van der Waals surface area (Å²) in [4.78, 5) is 28.0. The standard InChI is InChI=1S/C15H15N3O3/c1-11(12-7-9-16-10-8-12)17(2)15(19)13-3-5-14(6-4-13)18(20)21/h3-11H,1-2H3. The van der Waals surface area contributed by atoms with Gasteiger partial charge in [0.05, 0.1) is 11.0 Å². The third-order valence-corrected chi connectivity index (χ3v) is 3.41. The van der Waals surface area contributed by atoms with Gasteiger partial charge in [-0.2, -0.15) is 0 Å². The summed E-state index contributed by atoms with van der Waals surface area (Å²) < 4.78 is 0. The number of amides is 1. The van der Waals surface area contributed by atoms with E-state index in [9.17, 15) is 14.9 Å². The fourth-order valence-electron chi connectivity index (χ4n) is 1.97. The average molecular weight is 285 g/mol. The maximum atomic E-state index is 12.4. The number of nitro benzene ring substituents is 1. The second-order valence-corrected chi connectivity index (χ2v) is 4.68. The Bertz CT molecular complexity index is 641. The number of hydrogen-bond acceptors (Lipinski definition) is 4. The zero-order valence-corrected chi connectivity index (χ0v) is 11.8. The lowest BCUT2D eigenvalue weighted by molar-refractivity contribution is -0.384. The van der Waals surface area contributed by atoms with Gasteiger partial charge >= 0.3 is 0 Å². The Labute approximate surface area is 122 Å². The molecule has 0 aliphatic heterocycles. The average Bonchev–Trinajstić information content (AvgIpc) is 2.53. The number of carbonyl (C=O) groups is 1. The van der Waals surface area contributed by atoms with Crippen molar-refractivity contribution >= 4 is 11.6 Å². The van der Waals surface area contributed by atoms with Crippen LogP contribution in [0, 0.1) is 10.1 Å². The van der Waals surface area contributed by atoms with Crippen molar-refractivity contribution in [1.29, 1.82) is 0 Å². The Balaban J connectivity index is 2.17. The lowest BCUT2D eigenvalue weighted by Gasteiger charge is -2.25. The van der Waals surface area contributed by atoms with Crippen molar-refractivity contribution in [2.75, 3.05) is 7.05 Å². The van der Waals surface area contributed by atoms with Crippen LogP contribution in [0.1, 0.15) is 28.9 Å². The van der Waals surface area contributed by atoms with Gasteiger partial charge in [-0.05, 0) is 36.8 Å². The fourth-order valence-corrected chi connectivity index (χ4v) is 1.97. The lowest BCUT2D eigenvalue weighted by Crippen LogP contribution is -2.29. The molecule has 0 saturated heterocycles. The van der Waals surface area contributed by atoms with Crippen LogP contribution in [0.4, 0.5) is 5.69 Å². The van der Waals surface area contributed by atoms with Crippen molar-refractivity contribution in [1.82, 2.24) is 9.88 Å². The molecular weight excluding hydrogens is 270 g/mol. The Hall–Kier alpha value is -2.76. The molecule has 0 bridgehead atoms. The third-order valence-electron chi connectivity index (χ3n) is 3.41. The molecular formula is C15H15N3O3. The van der Waals surface area contributed by atoms with E-state index in [2.05, 4.69) is 4.98 Å². The van der Waals surface area contributed by atoms with Crippen LogP contribution in [-0.2, 0) is 0 Å². The molecule has 1 aromatic heterocycles. The summed E-state index contributed by atoms with van der Waals surface area (Å²) in [5.41, 5.74) is 1.36. The van der Waals surface area contributed by atoms with Gasteiger partial charge in [-0.1, -0.05) is 0 Å². The van der Waals surface area contributed by atoms with Crippen molar-refractivity contribution in [3.05, 3.63) is 70.0 Å². The quantitative estimate of drug-likeness (QED) is 0.639. The van der Waals surface area contributed by atoms with Gasteiger partial charge in [0.15, 0.2) is 0 Å². The molecule has 0 N–H and O–H groups in total. The van der Waals surface area contributed by atoms with Crippen LogP contribution < -0.4 is 0 Å². The van der Waals surface area contributed by atoms with Gasteiger partial charge in [0.2, 0.25) is 0 Å². The van der Waals surface area contributed by atoms with E-state index in [1.807, 2.05) is 19.1 Å². The third kappa shape index (κ3) is 3.22. The SMILES string of the molecule is CC(c1ccncc1)N(C)C(=O)c1ccc([N+](=O)[O-])cc1. The number of rotatable bonds is 4. The fraction of sp³-hybridized carbons (Fsp3) is 0.200. The maximum Gasteiger partial charge on any atom is 0.269 e. The van der Waals surface area contributed by atoms with Crippen LogP contribution in [0.3, 0.4) is 0 Å². The summed E-state index contributed by atoms with van der Waals surface area (Å²) >= 11 is 0. The second kappa shape index (κ2) is 6.13. The number of non-ortho nitro benzene ring substituents is 1. The largest absolute Gasteiger partial charge is 0.335 e. The lowest BCUT2D eigenvalue weighted by atomic mass is 10.1. The molecule has 0 radical (unpaired) electrons. The summed E-state index contributed by atoms with van der Waals surface area (Å²) in [6.07, 6.45) is 3.35. The van der Waals surface area contributed by atoms with E-state index in [-0.39, 0.29) is 17.6 Å². The monoisotopic (exact) mass is 285 g/mol. The predicted molar refractivity (Wildman–Crippen MR) is 77.8 cm³/mol. The molecule has 21 heavy (non-hydrogen) atoms. The van der Waals surface area contributed by atoms with Crippen LogP contribution in [0.15, 0.2) is 48.8 Å². The molecule has 0 saturated carbocycles. The molecule has 0 fully saturated rings. The smallest absolute Gasteiger partial charge is 0.269 e. The number of nitro groups is 1. The molecule has 6 heteroatoms. The molecule has 1 atom stereocenters. The number of aromatic nitrogens is 1. The number of carbonyl (C=O) groups excluding carboxylic acids is 1. The number of pyridine rings is 1. The van der Waals surface area contributed by atoms with Crippen LogP contribution in [-0.4, -0.2) is 27.8 Å². The first-order valence-electron chi connectivity index (χ1n) is 6.42. The summed E-state index contributed by atoms with van der Waals surface area (Å²) in [7, 11) is 1.70. The number of benzene rings is 1. The predicted octanol–water partition coefficient (Wildman–Crippen LogP) is 2.82. The molecule has 1 unspecified atom stereocenters. The van der Waals surface area contributed by atoms with E-state index >= 15 is 0 Å². The molecule has 108 valence electrons. The molecule has 1 heterocycles. The maximum absolute atomic E-state index is 12.4. The Morgan fingerprint density at radius 2 is 1.76 bits per heavy atom. The van der Waals surface area contributed by atoms with Crippen molar-refractivity contribution in [3.8, 4) is 0 Å². The first kappa shape index (κ1) is 14.6. The Morgan fingerprint density at radius 3 is 2.29 bits per heavy atom. The highest BCUT2D eigenvalue weighted by Crippen LogP contribution is 2.21. The molecule has 6 nitrogen and oxygen atoms in total. The zero-order valence-electron chi connectivity index (χ0n) is 11.8. The summed E-state index contributed by atoms with van der Waals surface area (Å²) in [6.45, 7) is 1.92. The van der Waals surface area contributed by atoms with Gasteiger partial charge in [0.25, 0.3) is 11.6 Å². The molecule has 0 aliphatic carbocycles. The Kier molecular flexibility index (Phi) is 4.27. The van der Waals surface area contributed by atoms with Crippen molar-refractivity contribution in [3.63, 3.8) is 0 Å². The van der Waals surface area contributed by atoms with Crippen LogP contribution in [0.2, 0.25) is 0 Å². The normalized spacial score (nSPS) is 11.7. The molecule has 2 aromatic rings. The van der Waals surface area contributed by atoms with Crippen molar-refractivity contribution < 1.29 is 9.72 Å². The van der Waals surface area contributed by atoms with Gasteiger partial charge in [-0.15, -0.1) is 0 Å². The van der Waals surface area contributed by atoms with E-state index < -0.39 is 4.92 Å². The topological polar surface area (TPSA) is 76.3 Å². The van der Waals surface area contributed by atoms with E-state index in [1.54, 1.807) is 24.3 Å². The van der Waals surface area contributed by atoms with Gasteiger partial charge in [0.1, 0.15) is 0 Å². The molecule has 0 aliphatic rings. The zero-order chi connectivity index (χ0) is 15.4. The molecule has 1 amide bonds. The molecule has 2 rings (SSSR count). The van der Waals surface area contributed by atoms with Crippen LogP contribution in [0.5, 0.6) is 0 Å². The summed E-state index contributed by atoms with van der Waals surface area (Å²) in [6, 6.07) is 9.19. The molecule has 1 aromatic carbocycles. The highest BCUT2D eigenvalue weighted by atomic mass is 16.6. The van der Waals surface area contributed by atoms with Crippen molar-refractivity contribution in [2.24, 2.45) is 0 Å². The minimum absolute atomic E-state index is 0.0311. The van der Waals surface area contributed by atoms with Crippen molar-refractivity contribution in [2.45, 2.75) is 13.0 Å². The van der Waals surface area contributed by atoms with Gasteiger partial charge < -0.3 is 4.90 Å².